The second-order valence-electron chi connectivity index (χ2n) is 8.36. The van der Waals surface area contributed by atoms with E-state index in [0.717, 1.165) is 31.2 Å². The fraction of sp³-hybridized carbons (Fsp3) is 0.619. The van der Waals surface area contributed by atoms with Gasteiger partial charge in [0.2, 0.25) is 0 Å². The summed E-state index contributed by atoms with van der Waals surface area (Å²) >= 11 is 0. The van der Waals surface area contributed by atoms with Crippen molar-refractivity contribution in [2.45, 2.75) is 65.9 Å². The van der Waals surface area contributed by atoms with E-state index in [9.17, 15) is 10.3 Å². The summed E-state index contributed by atoms with van der Waals surface area (Å²) in [5.74, 6) is 0.0813. The fourth-order valence-electron chi connectivity index (χ4n) is 4.94. The number of nitrogens with zero attached hydrogens (tertiary/aromatic N) is 2. The maximum absolute atomic E-state index is 12.8. The van der Waals surface area contributed by atoms with E-state index >= 15 is 0 Å². The largest absolute Gasteiger partial charge is 0.453 e. The number of hydrogen-bond donors (Lipinski definition) is 0. The van der Waals surface area contributed by atoms with E-state index < -0.39 is 5.97 Å². The predicted octanol–water partition coefficient (Wildman–Crippen LogP) is 4.42. The summed E-state index contributed by atoms with van der Waals surface area (Å²) < 4.78 is 5.89. The zero-order chi connectivity index (χ0) is 18.2. The Labute approximate surface area is 150 Å². The minimum absolute atomic E-state index is 0.00315. The van der Waals surface area contributed by atoms with Gasteiger partial charge >= 0.3 is 11.7 Å². The molecule has 25 heavy (non-hydrogen) atoms. The van der Waals surface area contributed by atoms with E-state index in [4.69, 9.17) is 4.74 Å². The fourth-order valence-corrected chi connectivity index (χ4v) is 4.94. The Kier molecular flexibility index (Phi) is 4.59. The number of fused-ring (bicyclic) bond motifs is 2. The summed E-state index contributed by atoms with van der Waals surface area (Å²) in [6.45, 7) is 8.90. The zero-order valence-corrected chi connectivity index (χ0v) is 15.7. The Morgan fingerprint density at radius 1 is 1.32 bits per heavy atom. The molecule has 4 heteroatoms. The van der Waals surface area contributed by atoms with E-state index in [2.05, 4.69) is 32.5 Å². The molecule has 2 bridgehead atoms. The van der Waals surface area contributed by atoms with E-state index in [1.807, 2.05) is 24.3 Å². The number of hydrogen-bond acceptors (Lipinski definition) is 2. The second-order valence-corrected chi connectivity index (χ2v) is 8.36. The zero-order valence-electron chi connectivity index (χ0n) is 15.7. The summed E-state index contributed by atoms with van der Waals surface area (Å²) in [5.41, 5.74) is 11.4. The van der Waals surface area contributed by atoms with Gasteiger partial charge in [0.25, 0.3) is 0 Å². The van der Waals surface area contributed by atoms with Crippen LogP contribution in [0.15, 0.2) is 24.3 Å². The first kappa shape index (κ1) is 17.9. The highest BCUT2D eigenvalue weighted by Crippen LogP contribution is 2.66. The third kappa shape index (κ3) is 2.73. The summed E-state index contributed by atoms with van der Waals surface area (Å²) in [4.78, 5) is 16.1. The molecule has 1 aromatic rings. The molecule has 134 valence electrons. The molecule has 2 aliphatic rings. The molecule has 0 saturated heterocycles. The van der Waals surface area contributed by atoms with Crippen LogP contribution in [-0.4, -0.2) is 22.6 Å². The summed E-state index contributed by atoms with van der Waals surface area (Å²) in [6, 6.07) is 7.59. The normalized spacial score (nSPS) is 29.3. The van der Waals surface area contributed by atoms with Crippen molar-refractivity contribution in [1.29, 1.82) is 0 Å². The van der Waals surface area contributed by atoms with Crippen LogP contribution in [0.3, 0.4) is 0 Å². The molecule has 4 nitrogen and oxygen atoms in total. The second kappa shape index (κ2) is 6.42. The molecule has 3 atom stereocenters. The molecule has 0 aliphatic heterocycles. The summed E-state index contributed by atoms with van der Waals surface area (Å²) in [5, 5.41) is 0. The summed E-state index contributed by atoms with van der Waals surface area (Å²) in [6.07, 6.45) is 4.88. The van der Waals surface area contributed by atoms with E-state index in [1.165, 1.54) is 6.42 Å². The van der Waals surface area contributed by atoms with Crippen LogP contribution >= 0.6 is 0 Å². The first-order valence-electron chi connectivity index (χ1n) is 9.36. The maximum atomic E-state index is 12.8. The van der Waals surface area contributed by atoms with Gasteiger partial charge in [-0.2, -0.15) is 4.79 Å². The van der Waals surface area contributed by atoms with Gasteiger partial charge in [0, 0.05) is 5.41 Å². The van der Waals surface area contributed by atoms with Gasteiger partial charge in [-0.05, 0) is 48.6 Å². The molecule has 2 saturated carbocycles. The Bertz CT molecular complexity index is 733. The van der Waals surface area contributed by atoms with Gasteiger partial charge in [0.1, 0.15) is 6.10 Å². The lowest BCUT2D eigenvalue weighted by Crippen LogP contribution is -2.39. The highest BCUT2D eigenvalue weighted by molar-refractivity contribution is 6.41. The first-order valence-corrected chi connectivity index (χ1v) is 9.36. The van der Waals surface area contributed by atoms with Crippen molar-refractivity contribution in [1.82, 2.24) is 0 Å². The van der Waals surface area contributed by atoms with Gasteiger partial charge in [0.05, 0.1) is 5.56 Å². The van der Waals surface area contributed by atoms with Crippen LogP contribution in [0.4, 0.5) is 0 Å². The van der Waals surface area contributed by atoms with Crippen LogP contribution in [0.25, 0.3) is 5.53 Å². The van der Waals surface area contributed by atoms with Gasteiger partial charge in [-0.15, -0.1) is 0 Å². The molecule has 3 unspecified atom stereocenters. The van der Waals surface area contributed by atoms with E-state index in [0.29, 0.717) is 11.5 Å². The van der Waals surface area contributed by atoms with Gasteiger partial charge in [-0.1, -0.05) is 52.3 Å². The number of benzene rings is 1. The number of ether oxygens (including phenoxy) is 1. The number of carbonyl (C=O) groups excluding carboxylic acids is 1. The predicted molar refractivity (Wildman–Crippen MR) is 97.3 cm³/mol. The maximum Gasteiger partial charge on any atom is 0.422 e. The molecule has 0 aromatic heterocycles. The SMILES string of the molecule is CCCc1ccccc1C(=[N+]=[N-])C(=O)OC1CC2CCC1(C)C2(C)C. The van der Waals surface area contributed by atoms with Crippen molar-refractivity contribution >= 4 is 11.7 Å². The lowest BCUT2D eigenvalue weighted by molar-refractivity contribution is -0.152. The van der Waals surface area contributed by atoms with Gasteiger partial charge in [0.15, 0.2) is 0 Å². The number of carbonyl (C=O) groups is 1. The van der Waals surface area contributed by atoms with Crippen LogP contribution in [0, 0.1) is 16.7 Å². The Morgan fingerprint density at radius 2 is 2.04 bits per heavy atom. The van der Waals surface area contributed by atoms with Crippen molar-refractivity contribution in [3.05, 3.63) is 40.9 Å². The molecular weight excluding hydrogens is 312 g/mol. The van der Waals surface area contributed by atoms with Crippen LogP contribution in [-0.2, 0) is 16.0 Å². The van der Waals surface area contributed by atoms with Crippen LogP contribution < -0.4 is 0 Å². The Morgan fingerprint density at radius 3 is 2.60 bits per heavy atom. The van der Waals surface area contributed by atoms with Crippen molar-refractivity contribution < 1.29 is 14.3 Å². The van der Waals surface area contributed by atoms with Crippen LogP contribution in [0.2, 0.25) is 0 Å². The van der Waals surface area contributed by atoms with Crippen molar-refractivity contribution in [2.24, 2.45) is 16.7 Å². The first-order chi connectivity index (χ1) is 11.8. The van der Waals surface area contributed by atoms with Gasteiger partial charge in [-0.3, -0.25) is 0 Å². The lowest BCUT2D eigenvalue weighted by atomic mass is 9.70. The van der Waals surface area contributed by atoms with E-state index in [-0.39, 0.29) is 22.6 Å². The van der Waals surface area contributed by atoms with Crippen LogP contribution in [0.1, 0.15) is 64.5 Å². The molecule has 2 fully saturated rings. The molecule has 1 aromatic carbocycles. The smallest absolute Gasteiger partial charge is 0.422 e. The third-order valence-corrected chi connectivity index (χ3v) is 7.05. The van der Waals surface area contributed by atoms with Gasteiger partial charge < -0.3 is 10.3 Å². The molecule has 0 spiro atoms. The minimum atomic E-state index is -0.513. The van der Waals surface area contributed by atoms with E-state index in [1.54, 1.807) is 0 Å². The number of esters is 1. The number of aryl methyl sites for hydroxylation is 1. The Balaban J connectivity index is 1.83. The van der Waals surface area contributed by atoms with Crippen molar-refractivity contribution in [2.75, 3.05) is 0 Å². The highest BCUT2D eigenvalue weighted by Gasteiger charge is 2.63. The molecule has 2 aliphatic carbocycles. The molecular formula is C21H28N2O2. The van der Waals surface area contributed by atoms with Gasteiger partial charge in [-0.25, -0.2) is 4.79 Å². The molecule has 0 heterocycles. The minimum Gasteiger partial charge on any atom is -0.453 e. The standard InChI is InChI=1S/C21H28N2O2/c1-5-8-14-9-6-7-10-16(14)18(23-22)19(24)25-17-13-15-11-12-21(17,4)20(15,2)3/h6-7,9-10,15,17H,5,8,11-13H2,1-4H3. The third-order valence-electron chi connectivity index (χ3n) is 7.05. The molecule has 0 radical (unpaired) electrons. The quantitative estimate of drug-likeness (QED) is 0.345. The monoisotopic (exact) mass is 340 g/mol. The average molecular weight is 340 g/mol. The molecule has 3 rings (SSSR count). The molecule has 0 amide bonds. The Hall–Kier alpha value is -1.93. The summed E-state index contributed by atoms with van der Waals surface area (Å²) in [7, 11) is 0. The van der Waals surface area contributed by atoms with Crippen molar-refractivity contribution in [3.8, 4) is 0 Å². The topological polar surface area (TPSA) is 62.7 Å². The highest BCUT2D eigenvalue weighted by atomic mass is 16.5. The lowest BCUT2D eigenvalue weighted by Gasteiger charge is -2.38. The van der Waals surface area contributed by atoms with Crippen LogP contribution in [0.5, 0.6) is 0 Å². The number of rotatable bonds is 5. The molecule has 0 N–H and O–H groups in total. The van der Waals surface area contributed by atoms with Crippen molar-refractivity contribution in [3.63, 3.8) is 0 Å². The average Bonchev–Trinajstić information content (AvgIpc) is 2.91.